The third-order valence-corrected chi connectivity index (χ3v) is 8.13. The first kappa shape index (κ1) is 21.9. The Morgan fingerprint density at radius 1 is 1.09 bits per heavy atom. The van der Waals surface area contributed by atoms with E-state index < -0.39 is 0 Å². The first-order valence-electron chi connectivity index (χ1n) is 11.0. The first-order chi connectivity index (χ1) is 16.0. The first-order valence-corrected chi connectivity index (χ1v) is 12.7. The Kier molecular flexibility index (Phi) is 6.09. The number of piperazine rings is 1. The fourth-order valence-electron chi connectivity index (χ4n) is 4.11. The Labute approximate surface area is 199 Å². The largest absolute Gasteiger partial charge is 0.340 e. The van der Waals surface area contributed by atoms with Crippen molar-refractivity contribution in [3.8, 4) is 10.6 Å². The zero-order valence-electron chi connectivity index (χ0n) is 18.6. The van der Waals surface area contributed by atoms with E-state index in [4.69, 9.17) is 0 Å². The highest BCUT2D eigenvalue weighted by Crippen LogP contribution is 2.26. The van der Waals surface area contributed by atoms with E-state index in [1.54, 1.807) is 22.7 Å². The van der Waals surface area contributed by atoms with Crippen molar-refractivity contribution in [1.29, 1.82) is 0 Å². The molecule has 0 unspecified atom stereocenters. The van der Waals surface area contributed by atoms with Crippen LogP contribution in [0.3, 0.4) is 0 Å². The van der Waals surface area contributed by atoms with Crippen LogP contribution in [0.15, 0.2) is 40.5 Å². The van der Waals surface area contributed by atoms with Crippen molar-refractivity contribution in [3.63, 3.8) is 0 Å². The molecule has 1 fully saturated rings. The van der Waals surface area contributed by atoms with Crippen LogP contribution < -0.4 is 5.56 Å². The highest BCUT2D eigenvalue weighted by atomic mass is 32.1. The molecule has 0 saturated carbocycles. The number of carbonyl (C=O) groups excluding carboxylic acids is 1. The van der Waals surface area contributed by atoms with Crippen LogP contribution >= 0.6 is 22.7 Å². The number of amides is 1. The van der Waals surface area contributed by atoms with Crippen molar-refractivity contribution in [3.05, 3.63) is 68.0 Å². The van der Waals surface area contributed by atoms with Crippen LogP contribution in [0.4, 0.5) is 0 Å². The maximum atomic E-state index is 12.8. The molecule has 1 aromatic carbocycles. The molecule has 3 aromatic heterocycles. The fourth-order valence-corrected chi connectivity index (χ4v) is 5.98. The van der Waals surface area contributed by atoms with Gasteiger partial charge in [-0.05, 0) is 19.4 Å². The highest BCUT2D eigenvalue weighted by Gasteiger charge is 2.23. The quantitative estimate of drug-likeness (QED) is 0.473. The lowest BCUT2D eigenvalue weighted by molar-refractivity contribution is -0.132. The van der Waals surface area contributed by atoms with E-state index in [9.17, 15) is 9.59 Å². The number of nitrogens with one attached hydrogen (secondary N) is 1. The number of hydrogen-bond acceptors (Lipinski definition) is 7. The van der Waals surface area contributed by atoms with Gasteiger partial charge in [-0.2, -0.15) is 0 Å². The average Bonchev–Trinajstić information content (AvgIpc) is 3.39. The number of nitrogens with zero attached hydrogens (tertiary/aromatic N) is 4. The summed E-state index contributed by atoms with van der Waals surface area (Å²) in [5.41, 5.74) is 2.85. The standard InChI is InChI=1S/C24H25N5O2S2/c1-15-16(2)33-24-21(15)22(31)26-19(27-24)13-28-8-10-29(11-9-28)20(30)12-18-14-32-23(25-18)17-6-4-3-5-7-17/h3-7,14H,8-13H2,1-2H3,(H,26,27,31). The van der Waals surface area contributed by atoms with Crippen LogP contribution in [0.1, 0.15) is 22.0 Å². The van der Waals surface area contributed by atoms with Crippen LogP contribution in [-0.2, 0) is 17.8 Å². The molecule has 5 rings (SSSR count). The van der Waals surface area contributed by atoms with Crippen molar-refractivity contribution in [2.24, 2.45) is 0 Å². The van der Waals surface area contributed by atoms with E-state index in [1.807, 2.05) is 54.5 Å². The molecule has 1 aliphatic heterocycles. The van der Waals surface area contributed by atoms with Crippen LogP contribution in [0.5, 0.6) is 0 Å². The molecular weight excluding hydrogens is 454 g/mol. The van der Waals surface area contributed by atoms with Crippen molar-refractivity contribution >= 4 is 38.8 Å². The number of thiazole rings is 1. The molecule has 1 aliphatic rings. The minimum atomic E-state index is -0.0659. The molecule has 1 amide bonds. The molecule has 7 nitrogen and oxygen atoms in total. The summed E-state index contributed by atoms with van der Waals surface area (Å²) in [5, 5.41) is 3.62. The van der Waals surface area contributed by atoms with Crippen molar-refractivity contribution in [2.45, 2.75) is 26.8 Å². The maximum absolute atomic E-state index is 12.8. The minimum absolute atomic E-state index is 0.0659. The number of benzene rings is 1. The summed E-state index contributed by atoms with van der Waals surface area (Å²) in [6.07, 6.45) is 0.325. The third-order valence-electron chi connectivity index (χ3n) is 6.09. The molecule has 1 N–H and O–H groups in total. The number of aromatic nitrogens is 3. The predicted molar refractivity (Wildman–Crippen MR) is 133 cm³/mol. The van der Waals surface area contributed by atoms with E-state index >= 15 is 0 Å². The van der Waals surface area contributed by atoms with Gasteiger partial charge in [0.1, 0.15) is 15.7 Å². The van der Waals surface area contributed by atoms with Gasteiger partial charge >= 0.3 is 0 Å². The van der Waals surface area contributed by atoms with Crippen molar-refractivity contribution in [2.75, 3.05) is 26.2 Å². The lowest BCUT2D eigenvalue weighted by Gasteiger charge is -2.34. The topological polar surface area (TPSA) is 82.2 Å². The Bertz CT molecular complexity index is 1350. The number of aryl methyl sites for hydroxylation is 2. The maximum Gasteiger partial charge on any atom is 0.259 e. The molecule has 9 heteroatoms. The van der Waals surface area contributed by atoms with Gasteiger partial charge in [-0.3, -0.25) is 14.5 Å². The van der Waals surface area contributed by atoms with Gasteiger partial charge in [0.05, 0.1) is 24.0 Å². The molecule has 0 aliphatic carbocycles. The molecule has 0 radical (unpaired) electrons. The highest BCUT2D eigenvalue weighted by molar-refractivity contribution is 7.18. The summed E-state index contributed by atoms with van der Waals surface area (Å²) in [7, 11) is 0. The summed E-state index contributed by atoms with van der Waals surface area (Å²) >= 11 is 3.14. The number of H-pyrrole nitrogens is 1. The van der Waals surface area contributed by atoms with Crippen LogP contribution in [0, 0.1) is 13.8 Å². The minimum Gasteiger partial charge on any atom is -0.340 e. The van der Waals surface area contributed by atoms with Crippen LogP contribution in [0.2, 0.25) is 0 Å². The number of aromatic amines is 1. The second-order valence-electron chi connectivity index (χ2n) is 8.32. The Balaban J connectivity index is 1.17. The number of hydrogen-bond donors (Lipinski definition) is 1. The number of rotatable bonds is 5. The Hall–Kier alpha value is -2.88. The number of thiophene rings is 1. The molecule has 1 saturated heterocycles. The lowest BCUT2D eigenvalue weighted by Crippen LogP contribution is -2.49. The molecule has 170 valence electrons. The number of fused-ring (bicyclic) bond motifs is 1. The van der Waals surface area contributed by atoms with Crippen LogP contribution in [-0.4, -0.2) is 56.8 Å². The summed E-state index contributed by atoms with van der Waals surface area (Å²) < 4.78 is 0. The molecule has 4 aromatic rings. The zero-order valence-corrected chi connectivity index (χ0v) is 20.3. The van der Waals surface area contributed by atoms with E-state index in [0.29, 0.717) is 37.3 Å². The Morgan fingerprint density at radius 2 is 1.85 bits per heavy atom. The van der Waals surface area contributed by atoms with Gasteiger partial charge in [-0.15, -0.1) is 22.7 Å². The van der Waals surface area contributed by atoms with Crippen molar-refractivity contribution < 1.29 is 4.79 Å². The predicted octanol–water partition coefficient (Wildman–Crippen LogP) is 3.61. The Morgan fingerprint density at radius 3 is 2.61 bits per heavy atom. The summed E-state index contributed by atoms with van der Waals surface area (Å²) in [6, 6.07) is 10.0. The molecule has 0 bridgehead atoms. The summed E-state index contributed by atoms with van der Waals surface area (Å²) in [5.74, 6) is 0.793. The van der Waals surface area contributed by atoms with Gasteiger partial charge < -0.3 is 9.88 Å². The van der Waals surface area contributed by atoms with E-state index in [1.165, 1.54) is 0 Å². The van der Waals surface area contributed by atoms with Gasteiger partial charge in [-0.25, -0.2) is 9.97 Å². The second kappa shape index (κ2) is 9.17. The van der Waals surface area contributed by atoms with Gasteiger partial charge in [0, 0.05) is 42.0 Å². The third kappa shape index (κ3) is 4.62. The van der Waals surface area contributed by atoms with E-state index in [2.05, 4.69) is 19.9 Å². The van der Waals surface area contributed by atoms with E-state index in [0.717, 1.165) is 44.6 Å². The second-order valence-corrected chi connectivity index (χ2v) is 10.4. The lowest BCUT2D eigenvalue weighted by atomic mass is 10.2. The van der Waals surface area contributed by atoms with Gasteiger partial charge in [0.25, 0.3) is 5.56 Å². The molecule has 0 atom stereocenters. The molecular formula is C24H25N5O2S2. The summed E-state index contributed by atoms with van der Waals surface area (Å²) in [6.45, 7) is 7.40. The number of carbonyl (C=O) groups is 1. The van der Waals surface area contributed by atoms with Gasteiger partial charge in [0.2, 0.25) is 5.91 Å². The van der Waals surface area contributed by atoms with E-state index in [-0.39, 0.29) is 11.5 Å². The molecule has 0 spiro atoms. The monoisotopic (exact) mass is 479 g/mol. The molecule has 33 heavy (non-hydrogen) atoms. The fraction of sp³-hybridized carbons (Fsp3) is 0.333. The molecule has 4 heterocycles. The summed E-state index contributed by atoms with van der Waals surface area (Å²) in [4.78, 5) is 43.7. The van der Waals surface area contributed by atoms with Crippen LogP contribution in [0.25, 0.3) is 20.8 Å². The smallest absolute Gasteiger partial charge is 0.259 e. The van der Waals surface area contributed by atoms with Gasteiger partial charge in [0.15, 0.2) is 0 Å². The van der Waals surface area contributed by atoms with Gasteiger partial charge in [-0.1, -0.05) is 30.3 Å². The SMILES string of the molecule is Cc1sc2nc(CN3CCN(C(=O)Cc4csc(-c5ccccc5)n4)CC3)[nH]c(=O)c2c1C. The zero-order chi connectivity index (χ0) is 22.9. The van der Waals surface area contributed by atoms with Crippen molar-refractivity contribution in [1.82, 2.24) is 24.8 Å². The normalized spacial score (nSPS) is 14.8. The average molecular weight is 480 g/mol.